The number of hydrogen-bond acceptors (Lipinski definition) is 0. The van der Waals surface area contributed by atoms with Gasteiger partial charge in [0.25, 0.3) is 0 Å². The first kappa shape index (κ1) is 9.31. The lowest BCUT2D eigenvalue weighted by molar-refractivity contribution is 0.297. The van der Waals surface area contributed by atoms with E-state index in [1.807, 2.05) is 6.08 Å². The quantitative estimate of drug-likeness (QED) is 0.485. The molecule has 0 aromatic carbocycles. The summed E-state index contributed by atoms with van der Waals surface area (Å²) in [7, 11) is 0. The summed E-state index contributed by atoms with van der Waals surface area (Å²) in [5.41, 5.74) is 0.550. The van der Waals surface area contributed by atoms with Crippen molar-refractivity contribution in [3.8, 4) is 0 Å². The molecule has 11 heavy (non-hydrogen) atoms. The summed E-state index contributed by atoms with van der Waals surface area (Å²) in [5, 5.41) is 1.15. The van der Waals surface area contributed by atoms with Crippen LogP contribution in [0.4, 0.5) is 0 Å². The van der Waals surface area contributed by atoms with Crippen molar-refractivity contribution >= 4 is 15.9 Å². The van der Waals surface area contributed by atoms with E-state index in [0.29, 0.717) is 5.41 Å². The van der Waals surface area contributed by atoms with Crippen molar-refractivity contribution in [1.82, 2.24) is 0 Å². The monoisotopic (exact) mass is 216 g/mol. The molecule has 1 fully saturated rings. The van der Waals surface area contributed by atoms with E-state index < -0.39 is 0 Å². The first-order valence-corrected chi connectivity index (χ1v) is 5.52. The lowest BCUT2D eigenvalue weighted by Gasteiger charge is -2.26. The zero-order valence-electron chi connectivity index (χ0n) is 7.28. The molecule has 0 spiro atoms. The van der Waals surface area contributed by atoms with Gasteiger partial charge in [0.05, 0.1) is 0 Å². The van der Waals surface area contributed by atoms with Gasteiger partial charge in [-0.25, -0.2) is 0 Å². The van der Waals surface area contributed by atoms with Gasteiger partial charge >= 0.3 is 0 Å². The zero-order valence-corrected chi connectivity index (χ0v) is 8.86. The van der Waals surface area contributed by atoms with Crippen molar-refractivity contribution in [2.75, 3.05) is 5.33 Å². The topological polar surface area (TPSA) is 0 Å². The van der Waals surface area contributed by atoms with Crippen LogP contribution in [0.2, 0.25) is 0 Å². The fourth-order valence-electron chi connectivity index (χ4n) is 1.59. The molecule has 1 aliphatic rings. The van der Waals surface area contributed by atoms with Crippen molar-refractivity contribution in [3.05, 3.63) is 12.7 Å². The molecule has 1 unspecified atom stereocenters. The summed E-state index contributed by atoms with van der Waals surface area (Å²) in [6.07, 6.45) is 7.38. The highest BCUT2D eigenvalue weighted by atomic mass is 79.9. The minimum Gasteiger partial charge on any atom is -0.103 e. The first-order valence-electron chi connectivity index (χ1n) is 4.40. The normalized spacial score (nSPS) is 22.7. The maximum Gasteiger partial charge on any atom is 0.00880 e. The molecule has 0 aromatic heterocycles. The molecular weight excluding hydrogens is 200 g/mol. The average molecular weight is 217 g/mol. The molecule has 0 aliphatic heterocycles. The Hall–Kier alpha value is 0.220. The zero-order chi connectivity index (χ0) is 8.32. The molecule has 0 nitrogen and oxygen atoms in total. The van der Waals surface area contributed by atoms with Crippen molar-refractivity contribution in [3.63, 3.8) is 0 Å². The van der Waals surface area contributed by atoms with E-state index in [0.717, 1.165) is 11.2 Å². The largest absolute Gasteiger partial charge is 0.103 e. The SMILES string of the molecule is C=CCCC(C)(CBr)C1CC1. The lowest BCUT2D eigenvalue weighted by Crippen LogP contribution is -2.20. The van der Waals surface area contributed by atoms with Crippen molar-refractivity contribution in [1.29, 1.82) is 0 Å². The average Bonchev–Trinajstić information content (AvgIpc) is 2.82. The molecule has 1 rings (SSSR count). The van der Waals surface area contributed by atoms with E-state index in [9.17, 15) is 0 Å². The fourth-order valence-corrected chi connectivity index (χ4v) is 2.33. The molecule has 0 N–H and O–H groups in total. The molecule has 64 valence electrons. The second-order valence-corrected chi connectivity index (χ2v) is 4.45. The van der Waals surface area contributed by atoms with Crippen molar-refractivity contribution in [2.45, 2.75) is 32.6 Å². The predicted octanol–water partition coefficient (Wildman–Crippen LogP) is 3.76. The Kier molecular flexibility index (Phi) is 3.17. The van der Waals surface area contributed by atoms with Gasteiger partial charge in [-0.3, -0.25) is 0 Å². The van der Waals surface area contributed by atoms with E-state index in [1.165, 1.54) is 25.7 Å². The van der Waals surface area contributed by atoms with E-state index in [2.05, 4.69) is 29.4 Å². The van der Waals surface area contributed by atoms with Crippen LogP contribution in [0, 0.1) is 11.3 Å². The molecule has 1 aliphatic carbocycles. The molecule has 0 bridgehead atoms. The summed E-state index contributed by atoms with van der Waals surface area (Å²) in [5.74, 6) is 0.988. The number of allylic oxidation sites excluding steroid dienone is 1. The highest BCUT2D eigenvalue weighted by molar-refractivity contribution is 9.09. The Labute approximate surface area is 78.2 Å². The maximum atomic E-state index is 3.76. The lowest BCUT2D eigenvalue weighted by atomic mass is 9.83. The van der Waals surface area contributed by atoms with Gasteiger partial charge in [-0.05, 0) is 37.0 Å². The van der Waals surface area contributed by atoms with Crippen LogP contribution in [0.5, 0.6) is 0 Å². The van der Waals surface area contributed by atoms with Gasteiger partial charge in [-0.2, -0.15) is 0 Å². The van der Waals surface area contributed by atoms with Gasteiger partial charge in [0.15, 0.2) is 0 Å². The van der Waals surface area contributed by atoms with E-state index in [-0.39, 0.29) is 0 Å². The van der Waals surface area contributed by atoms with Crippen LogP contribution in [0.1, 0.15) is 32.6 Å². The summed E-state index contributed by atoms with van der Waals surface area (Å²) in [6, 6.07) is 0. The van der Waals surface area contributed by atoms with Gasteiger partial charge in [0.2, 0.25) is 0 Å². The molecule has 0 saturated heterocycles. The van der Waals surface area contributed by atoms with Gasteiger partial charge in [-0.1, -0.05) is 28.9 Å². The Morgan fingerprint density at radius 1 is 1.64 bits per heavy atom. The van der Waals surface area contributed by atoms with Gasteiger partial charge in [-0.15, -0.1) is 6.58 Å². The molecule has 1 heteroatoms. The van der Waals surface area contributed by atoms with Crippen LogP contribution < -0.4 is 0 Å². The summed E-state index contributed by atoms with van der Waals surface area (Å²) < 4.78 is 0. The molecule has 0 amide bonds. The summed E-state index contributed by atoms with van der Waals surface area (Å²) in [4.78, 5) is 0. The number of halogens is 1. The Bertz CT molecular complexity index is 138. The van der Waals surface area contributed by atoms with E-state index in [4.69, 9.17) is 0 Å². The summed E-state index contributed by atoms with van der Waals surface area (Å²) in [6.45, 7) is 6.15. The fraction of sp³-hybridized carbons (Fsp3) is 0.800. The molecular formula is C10H17Br. The first-order chi connectivity index (χ1) is 5.23. The summed E-state index contributed by atoms with van der Waals surface area (Å²) >= 11 is 3.61. The third-order valence-corrected chi connectivity index (χ3v) is 4.07. The molecule has 1 atom stereocenters. The van der Waals surface area contributed by atoms with Gasteiger partial charge in [0, 0.05) is 5.33 Å². The Balaban J connectivity index is 2.37. The number of rotatable bonds is 5. The predicted molar refractivity (Wildman–Crippen MR) is 54.1 cm³/mol. The van der Waals surface area contributed by atoms with Gasteiger partial charge in [0.1, 0.15) is 0 Å². The van der Waals surface area contributed by atoms with E-state index in [1.54, 1.807) is 0 Å². The second-order valence-electron chi connectivity index (χ2n) is 3.89. The third-order valence-electron chi connectivity index (χ3n) is 2.79. The van der Waals surface area contributed by atoms with Crippen LogP contribution in [0.15, 0.2) is 12.7 Å². The Morgan fingerprint density at radius 2 is 2.27 bits per heavy atom. The standard InChI is InChI=1S/C10H17Br/c1-3-4-7-10(2,8-11)9-5-6-9/h3,9H,1,4-8H2,2H3. The second kappa shape index (κ2) is 3.75. The van der Waals surface area contributed by atoms with Crippen LogP contribution in [-0.2, 0) is 0 Å². The minimum atomic E-state index is 0.550. The number of hydrogen-bond donors (Lipinski definition) is 0. The Morgan fingerprint density at radius 3 is 2.64 bits per heavy atom. The van der Waals surface area contributed by atoms with Crippen LogP contribution in [0.25, 0.3) is 0 Å². The highest BCUT2D eigenvalue weighted by Crippen LogP contribution is 2.49. The number of alkyl halides is 1. The van der Waals surface area contributed by atoms with Crippen LogP contribution in [0.3, 0.4) is 0 Å². The highest BCUT2D eigenvalue weighted by Gasteiger charge is 2.39. The van der Waals surface area contributed by atoms with E-state index >= 15 is 0 Å². The smallest absolute Gasteiger partial charge is 0.00880 e. The molecule has 0 radical (unpaired) electrons. The third kappa shape index (κ3) is 2.33. The minimum absolute atomic E-state index is 0.550. The van der Waals surface area contributed by atoms with Crippen molar-refractivity contribution < 1.29 is 0 Å². The molecule has 1 saturated carbocycles. The molecule has 0 aromatic rings. The van der Waals surface area contributed by atoms with Crippen molar-refractivity contribution in [2.24, 2.45) is 11.3 Å². The molecule has 0 heterocycles. The van der Waals surface area contributed by atoms with Crippen LogP contribution in [-0.4, -0.2) is 5.33 Å². The van der Waals surface area contributed by atoms with Crippen LogP contribution >= 0.6 is 15.9 Å². The van der Waals surface area contributed by atoms with Gasteiger partial charge < -0.3 is 0 Å². The maximum absolute atomic E-state index is 3.76.